The van der Waals surface area contributed by atoms with E-state index in [1.807, 2.05) is 0 Å². The van der Waals surface area contributed by atoms with Gasteiger partial charge in [0.15, 0.2) is 12.3 Å². The molecule has 0 bridgehead atoms. The Morgan fingerprint density at radius 2 is 1.57 bits per heavy atom. The molecule has 3 unspecified atom stereocenters. The van der Waals surface area contributed by atoms with Crippen molar-refractivity contribution in [2.24, 2.45) is 4.99 Å². The highest BCUT2D eigenvalue weighted by Crippen LogP contribution is 2.27. The minimum atomic E-state index is 0.0570. The van der Waals surface area contributed by atoms with Gasteiger partial charge in [-0.25, -0.2) is 4.99 Å². The molecule has 0 aromatic rings. The number of hydrogen-bond donors (Lipinski definition) is 1. The highest BCUT2D eigenvalue weighted by atomic mass is 16.1. The van der Waals surface area contributed by atoms with Gasteiger partial charge in [0.25, 0.3) is 0 Å². The molecule has 3 atom stereocenters. The third-order valence-electron chi connectivity index (χ3n) is 6.79. The summed E-state index contributed by atoms with van der Waals surface area (Å²) >= 11 is 0. The van der Waals surface area contributed by atoms with E-state index in [9.17, 15) is 4.79 Å². The van der Waals surface area contributed by atoms with Crippen molar-refractivity contribution in [1.82, 2.24) is 5.32 Å². The van der Waals surface area contributed by atoms with E-state index in [0.717, 1.165) is 24.0 Å². The molecule has 0 saturated carbocycles. The molecule has 1 N–H and O–H groups in total. The van der Waals surface area contributed by atoms with E-state index in [-0.39, 0.29) is 12.1 Å². The lowest BCUT2D eigenvalue weighted by molar-refractivity contribution is -0.959. The Balaban J connectivity index is 2.06. The van der Waals surface area contributed by atoms with Crippen molar-refractivity contribution in [3.05, 3.63) is 12.2 Å². The van der Waals surface area contributed by atoms with E-state index >= 15 is 0 Å². The predicted octanol–water partition coefficient (Wildman–Crippen LogP) is 6.75. The number of unbranched alkanes of at least 4 members (excludes halogenated alkanes) is 11. The maximum Gasteiger partial charge on any atom is 0.221 e. The second kappa shape index (κ2) is 16.5. The molecule has 0 spiro atoms. The summed E-state index contributed by atoms with van der Waals surface area (Å²) in [5.74, 6) is 0.0570. The molecule has 0 aromatic carbocycles. The van der Waals surface area contributed by atoms with Gasteiger partial charge in [0, 0.05) is 20.3 Å². The first-order chi connectivity index (χ1) is 14.6. The fourth-order valence-corrected chi connectivity index (χ4v) is 4.76. The number of nitrogens with one attached hydrogen (secondary N) is 1. The molecular weight excluding hydrogens is 370 g/mol. The van der Waals surface area contributed by atoms with Crippen LogP contribution in [-0.2, 0) is 4.79 Å². The second-order valence-corrected chi connectivity index (χ2v) is 9.16. The first kappa shape index (κ1) is 26.9. The summed E-state index contributed by atoms with van der Waals surface area (Å²) in [6, 6.07) is 0. The number of amides is 1. The second-order valence-electron chi connectivity index (χ2n) is 9.16. The average Bonchev–Trinajstić information content (AvgIpc) is 3.14. The zero-order valence-corrected chi connectivity index (χ0v) is 20.5. The molecule has 0 saturated heterocycles. The van der Waals surface area contributed by atoms with Gasteiger partial charge in [-0.05, 0) is 39.0 Å². The van der Waals surface area contributed by atoms with Gasteiger partial charge in [0.2, 0.25) is 5.91 Å². The van der Waals surface area contributed by atoms with Crippen LogP contribution < -0.4 is 5.32 Å². The van der Waals surface area contributed by atoms with E-state index in [4.69, 9.17) is 4.99 Å². The van der Waals surface area contributed by atoms with Crippen LogP contribution in [0.2, 0.25) is 0 Å². The monoisotopic (exact) mass is 420 g/mol. The number of rotatable bonds is 18. The average molecular weight is 421 g/mol. The number of aliphatic imine (C=N–C) groups is 1. The fraction of sp³-hybridized carbons (Fsp3) is 0.846. The number of hydrogen-bond acceptors (Lipinski definition) is 2. The quantitative estimate of drug-likeness (QED) is 0.149. The Morgan fingerprint density at radius 1 is 1.00 bits per heavy atom. The van der Waals surface area contributed by atoms with Crippen molar-refractivity contribution in [3.63, 3.8) is 0 Å². The summed E-state index contributed by atoms with van der Waals surface area (Å²) < 4.78 is 0.881. The van der Waals surface area contributed by atoms with Crippen LogP contribution >= 0.6 is 0 Å². The van der Waals surface area contributed by atoms with Crippen LogP contribution in [0.3, 0.4) is 0 Å². The van der Waals surface area contributed by atoms with Crippen molar-refractivity contribution >= 4 is 12.1 Å². The van der Waals surface area contributed by atoms with Crippen LogP contribution in [0.5, 0.6) is 0 Å². The van der Waals surface area contributed by atoms with Gasteiger partial charge in [0.05, 0.1) is 12.8 Å². The van der Waals surface area contributed by atoms with E-state index < -0.39 is 0 Å². The van der Waals surface area contributed by atoms with Crippen molar-refractivity contribution in [2.75, 3.05) is 13.1 Å². The highest BCUT2D eigenvalue weighted by Gasteiger charge is 2.42. The SMILES string of the molecule is CCCCCC/C=C/CCCCCCCCCC1N=CC[N+]1(CC)C(C)NC(C)=O. The lowest BCUT2D eigenvalue weighted by Crippen LogP contribution is -2.63. The normalized spacial score (nSPS) is 22.1. The first-order valence-electron chi connectivity index (χ1n) is 12.9. The lowest BCUT2D eigenvalue weighted by Gasteiger charge is -2.42. The van der Waals surface area contributed by atoms with Gasteiger partial charge in [-0.15, -0.1) is 0 Å². The number of carbonyl (C=O) groups excluding carboxylic acids is 1. The Hall–Kier alpha value is -1.16. The molecule has 0 aliphatic carbocycles. The minimum Gasteiger partial charge on any atom is -0.307 e. The van der Waals surface area contributed by atoms with Gasteiger partial charge in [-0.1, -0.05) is 70.4 Å². The van der Waals surface area contributed by atoms with E-state index in [2.05, 4.69) is 44.5 Å². The fourth-order valence-electron chi connectivity index (χ4n) is 4.76. The van der Waals surface area contributed by atoms with Crippen LogP contribution in [0.25, 0.3) is 0 Å². The standard InChI is InChI=1S/C26H49N3O/c1-5-7-8-9-10-11-12-13-14-15-16-17-18-19-20-21-26-27-22-23-29(26,6-2)24(3)28-25(4)30/h11-12,22,24,26H,5-10,13-21,23H2,1-4H3/p+1/b12-11+. The molecule has 4 nitrogen and oxygen atoms in total. The third kappa shape index (κ3) is 10.2. The van der Waals surface area contributed by atoms with Crippen LogP contribution in [0.1, 0.15) is 118 Å². The first-order valence-corrected chi connectivity index (χ1v) is 12.9. The maximum atomic E-state index is 11.5. The molecule has 1 aliphatic rings. The summed E-state index contributed by atoms with van der Waals surface area (Å²) in [4.78, 5) is 16.3. The largest absolute Gasteiger partial charge is 0.307 e. The summed E-state index contributed by atoms with van der Waals surface area (Å²) in [5.41, 5.74) is 0. The highest BCUT2D eigenvalue weighted by molar-refractivity contribution is 5.73. The topological polar surface area (TPSA) is 41.5 Å². The molecule has 1 heterocycles. The molecule has 1 amide bonds. The minimum absolute atomic E-state index is 0.0570. The van der Waals surface area contributed by atoms with Gasteiger partial charge < -0.3 is 5.32 Å². The summed E-state index contributed by atoms with van der Waals surface area (Å²) in [5, 5.41) is 3.11. The van der Waals surface area contributed by atoms with E-state index in [0.29, 0.717) is 6.17 Å². The van der Waals surface area contributed by atoms with Crippen LogP contribution in [0, 0.1) is 0 Å². The molecule has 1 aliphatic heterocycles. The van der Waals surface area contributed by atoms with Crippen molar-refractivity contribution < 1.29 is 9.28 Å². The Labute approximate surface area is 187 Å². The molecule has 174 valence electrons. The number of carbonyl (C=O) groups is 1. The molecule has 30 heavy (non-hydrogen) atoms. The maximum absolute atomic E-state index is 11.5. The molecule has 1 rings (SSSR count). The Morgan fingerprint density at radius 3 is 2.13 bits per heavy atom. The zero-order valence-electron chi connectivity index (χ0n) is 20.5. The lowest BCUT2D eigenvalue weighted by atomic mass is 10.1. The smallest absolute Gasteiger partial charge is 0.221 e. The van der Waals surface area contributed by atoms with Crippen molar-refractivity contribution in [1.29, 1.82) is 0 Å². The van der Waals surface area contributed by atoms with Crippen LogP contribution in [0.15, 0.2) is 17.1 Å². The van der Waals surface area contributed by atoms with Gasteiger partial charge in [-0.2, -0.15) is 0 Å². The Bertz CT molecular complexity index is 503. The number of nitrogens with zero attached hydrogens (tertiary/aromatic N) is 2. The zero-order chi connectivity index (χ0) is 22.1. The molecule has 0 radical (unpaired) electrons. The van der Waals surface area contributed by atoms with Gasteiger partial charge in [-0.3, -0.25) is 9.28 Å². The molecule has 4 heteroatoms. The van der Waals surface area contributed by atoms with Gasteiger partial charge in [0.1, 0.15) is 6.54 Å². The molecule has 0 aromatic heterocycles. The summed E-state index contributed by atoms with van der Waals surface area (Å²) in [7, 11) is 0. The summed E-state index contributed by atoms with van der Waals surface area (Å²) in [6.07, 6.45) is 25.8. The van der Waals surface area contributed by atoms with E-state index in [1.54, 1.807) is 6.92 Å². The van der Waals surface area contributed by atoms with Crippen molar-refractivity contribution in [3.8, 4) is 0 Å². The Kier molecular flexibility index (Phi) is 14.8. The third-order valence-corrected chi connectivity index (χ3v) is 6.79. The predicted molar refractivity (Wildman–Crippen MR) is 131 cm³/mol. The van der Waals surface area contributed by atoms with Crippen LogP contribution in [-0.4, -0.2) is 42.0 Å². The van der Waals surface area contributed by atoms with Gasteiger partial charge >= 0.3 is 0 Å². The number of allylic oxidation sites excluding steroid dienone is 2. The van der Waals surface area contributed by atoms with Crippen LogP contribution in [0.4, 0.5) is 0 Å². The molecule has 0 fully saturated rings. The molecular formula is C26H50N3O+. The number of quaternary nitrogens is 1. The van der Waals surface area contributed by atoms with Crippen molar-refractivity contribution in [2.45, 2.75) is 130 Å². The summed E-state index contributed by atoms with van der Waals surface area (Å²) in [6.45, 7) is 10.2. The van der Waals surface area contributed by atoms with E-state index in [1.165, 1.54) is 83.5 Å².